The standard InChI is InChI=1S/C24H19N5O/c25-14-18-9-7-17(15-27-18)21-5-3-11-26-24(21)30-20-12-19(13-20)28-23-10-8-16-4-1-2-6-22(16)29-23/h1-11,15,19-20H,12-13H2,(H,28,29)/t19-,20+. The minimum atomic E-state index is 0.1000. The van der Waals surface area contributed by atoms with Crippen molar-refractivity contribution >= 4 is 16.7 Å². The predicted octanol–water partition coefficient (Wildman–Crippen LogP) is 4.59. The van der Waals surface area contributed by atoms with E-state index >= 15 is 0 Å². The number of rotatable bonds is 5. The van der Waals surface area contributed by atoms with Gasteiger partial charge < -0.3 is 10.1 Å². The SMILES string of the molecule is N#Cc1ccc(-c2cccnc2O[C@H]2C[C@@H](Nc3ccc4ccccc4n3)C2)cn1. The van der Waals surface area contributed by atoms with Gasteiger partial charge in [-0.1, -0.05) is 18.2 Å². The average molecular weight is 393 g/mol. The largest absolute Gasteiger partial charge is 0.474 e. The van der Waals surface area contributed by atoms with Gasteiger partial charge in [0.05, 0.1) is 5.52 Å². The summed E-state index contributed by atoms with van der Waals surface area (Å²) in [5.41, 5.74) is 3.14. The van der Waals surface area contributed by atoms with Gasteiger partial charge in [-0.05, 0) is 42.5 Å². The fourth-order valence-corrected chi connectivity index (χ4v) is 3.62. The zero-order valence-corrected chi connectivity index (χ0v) is 16.2. The number of hydrogen-bond acceptors (Lipinski definition) is 6. The highest BCUT2D eigenvalue weighted by Gasteiger charge is 2.32. The molecule has 1 fully saturated rings. The Kier molecular flexibility index (Phi) is 4.70. The summed E-state index contributed by atoms with van der Waals surface area (Å²) in [5.74, 6) is 1.48. The average Bonchev–Trinajstić information content (AvgIpc) is 2.78. The number of hydrogen-bond donors (Lipinski definition) is 1. The summed E-state index contributed by atoms with van der Waals surface area (Å²) in [4.78, 5) is 13.2. The first-order valence-electron chi connectivity index (χ1n) is 9.89. The fraction of sp³-hybridized carbons (Fsp3) is 0.167. The Labute approximate surface area is 174 Å². The lowest BCUT2D eigenvalue weighted by atomic mass is 9.89. The van der Waals surface area contributed by atoms with Crippen LogP contribution >= 0.6 is 0 Å². The number of fused-ring (bicyclic) bond motifs is 1. The van der Waals surface area contributed by atoms with Crippen LogP contribution < -0.4 is 10.1 Å². The van der Waals surface area contributed by atoms with Gasteiger partial charge in [0.2, 0.25) is 5.88 Å². The van der Waals surface area contributed by atoms with Crippen molar-refractivity contribution in [1.82, 2.24) is 15.0 Å². The zero-order chi connectivity index (χ0) is 20.3. The van der Waals surface area contributed by atoms with Crippen LogP contribution in [-0.2, 0) is 0 Å². The fourth-order valence-electron chi connectivity index (χ4n) is 3.62. The highest BCUT2D eigenvalue weighted by Crippen LogP contribution is 2.33. The number of ether oxygens (including phenoxy) is 1. The molecule has 1 aromatic carbocycles. The summed E-state index contributed by atoms with van der Waals surface area (Å²) in [6.45, 7) is 0. The maximum Gasteiger partial charge on any atom is 0.221 e. The van der Waals surface area contributed by atoms with Crippen molar-refractivity contribution in [1.29, 1.82) is 5.26 Å². The lowest BCUT2D eigenvalue weighted by molar-refractivity contribution is 0.103. The molecule has 0 aliphatic heterocycles. The molecule has 5 rings (SSSR count). The van der Waals surface area contributed by atoms with Crippen molar-refractivity contribution < 1.29 is 4.74 Å². The molecule has 4 aromatic rings. The van der Waals surface area contributed by atoms with Crippen molar-refractivity contribution in [2.75, 3.05) is 5.32 Å². The predicted molar refractivity (Wildman–Crippen MR) is 115 cm³/mol. The van der Waals surface area contributed by atoms with E-state index in [0.717, 1.165) is 40.7 Å². The molecule has 146 valence electrons. The summed E-state index contributed by atoms with van der Waals surface area (Å²) in [7, 11) is 0. The molecular formula is C24H19N5O. The molecular weight excluding hydrogens is 374 g/mol. The number of benzene rings is 1. The highest BCUT2D eigenvalue weighted by molar-refractivity contribution is 5.80. The molecule has 6 nitrogen and oxygen atoms in total. The number of pyridine rings is 3. The summed E-state index contributed by atoms with van der Waals surface area (Å²) >= 11 is 0. The van der Waals surface area contributed by atoms with Crippen LogP contribution in [0.5, 0.6) is 5.88 Å². The number of anilines is 1. The molecule has 0 spiro atoms. The quantitative estimate of drug-likeness (QED) is 0.534. The summed E-state index contributed by atoms with van der Waals surface area (Å²) < 4.78 is 6.17. The number of nitrogens with zero attached hydrogens (tertiary/aromatic N) is 4. The first kappa shape index (κ1) is 18.1. The molecule has 1 N–H and O–H groups in total. The van der Waals surface area contributed by atoms with Crippen LogP contribution in [0.4, 0.5) is 5.82 Å². The Balaban J connectivity index is 1.23. The van der Waals surface area contributed by atoms with E-state index in [1.54, 1.807) is 18.5 Å². The molecule has 3 heterocycles. The minimum absolute atomic E-state index is 0.1000. The zero-order valence-electron chi connectivity index (χ0n) is 16.2. The Morgan fingerprint density at radius 3 is 2.70 bits per heavy atom. The van der Waals surface area contributed by atoms with E-state index in [1.165, 1.54) is 0 Å². The minimum Gasteiger partial charge on any atom is -0.474 e. The van der Waals surface area contributed by atoms with Gasteiger partial charge in [0.1, 0.15) is 23.7 Å². The van der Waals surface area contributed by atoms with Crippen LogP contribution in [0.2, 0.25) is 0 Å². The normalized spacial score (nSPS) is 17.7. The summed E-state index contributed by atoms with van der Waals surface area (Å²) in [6, 6.07) is 22.0. The van der Waals surface area contributed by atoms with Gasteiger partial charge >= 0.3 is 0 Å². The Bertz CT molecular complexity index is 1230. The maximum absolute atomic E-state index is 8.93. The van der Waals surface area contributed by atoms with Crippen LogP contribution in [0.15, 0.2) is 73.1 Å². The van der Waals surface area contributed by atoms with E-state index in [2.05, 4.69) is 32.4 Å². The van der Waals surface area contributed by atoms with Gasteiger partial charge in [-0.2, -0.15) is 5.26 Å². The van der Waals surface area contributed by atoms with Crippen molar-refractivity contribution in [3.8, 4) is 23.1 Å². The van der Waals surface area contributed by atoms with Crippen molar-refractivity contribution in [2.45, 2.75) is 25.0 Å². The molecule has 1 aliphatic rings. The van der Waals surface area contributed by atoms with Crippen molar-refractivity contribution in [3.05, 3.63) is 78.8 Å². The summed E-state index contributed by atoms with van der Waals surface area (Å²) in [5, 5.41) is 13.6. The van der Waals surface area contributed by atoms with Gasteiger partial charge in [0.15, 0.2) is 0 Å². The van der Waals surface area contributed by atoms with Gasteiger partial charge in [0.25, 0.3) is 0 Å². The van der Waals surface area contributed by atoms with Crippen LogP contribution in [0.3, 0.4) is 0 Å². The molecule has 3 aromatic heterocycles. The molecule has 1 saturated carbocycles. The van der Waals surface area contributed by atoms with E-state index in [9.17, 15) is 0 Å². The van der Waals surface area contributed by atoms with Crippen LogP contribution in [-0.4, -0.2) is 27.1 Å². The van der Waals surface area contributed by atoms with E-state index < -0.39 is 0 Å². The number of nitriles is 1. The van der Waals surface area contributed by atoms with E-state index in [-0.39, 0.29) is 6.10 Å². The van der Waals surface area contributed by atoms with E-state index in [0.29, 0.717) is 17.6 Å². The van der Waals surface area contributed by atoms with Crippen molar-refractivity contribution in [3.63, 3.8) is 0 Å². The lowest BCUT2D eigenvalue weighted by Crippen LogP contribution is -2.42. The molecule has 1 aliphatic carbocycles. The first-order chi connectivity index (χ1) is 14.8. The third-order valence-electron chi connectivity index (χ3n) is 5.28. The highest BCUT2D eigenvalue weighted by atomic mass is 16.5. The Morgan fingerprint density at radius 1 is 0.967 bits per heavy atom. The summed E-state index contributed by atoms with van der Waals surface area (Å²) in [6.07, 6.45) is 5.28. The Morgan fingerprint density at radius 2 is 1.87 bits per heavy atom. The molecule has 0 radical (unpaired) electrons. The third-order valence-corrected chi connectivity index (χ3v) is 5.28. The van der Waals surface area contributed by atoms with E-state index in [1.807, 2.05) is 48.5 Å². The second-order valence-corrected chi connectivity index (χ2v) is 7.34. The number of nitrogens with one attached hydrogen (secondary N) is 1. The van der Waals surface area contributed by atoms with Crippen molar-refractivity contribution in [2.24, 2.45) is 0 Å². The molecule has 0 saturated heterocycles. The number of para-hydroxylation sites is 1. The molecule has 0 atom stereocenters. The monoisotopic (exact) mass is 393 g/mol. The third kappa shape index (κ3) is 3.65. The lowest BCUT2D eigenvalue weighted by Gasteiger charge is -2.36. The topological polar surface area (TPSA) is 83.7 Å². The number of aromatic nitrogens is 3. The van der Waals surface area contributed by atoms with E-state index in [4.69, 9.17) is 10.00 Å². The smallest absolute Gasteiger partial charge is 0.221 e. The molecule has 0 bridgehead atoms. The second kappa shape index (κ2) is 7.80. The van der Waals surface area contributed by atoms with Gasteiger partial charge in [-0.15, -0.1) is 0 Å². The van der Waals surface area contributed by atoms with Crippen LogP contribution in [0.1, 0.15) is 18.5 Å². The van der Waals surface area contributed by atoms with Gasteiger partial charge in [-0.25, -0.2) is 15.0 Å². The Hall–Kier alpha value is -3.98. The molecule has 6 heteroatoms. The maximum atomic E-state index is 8.93. The van der Waals surface area contributed by atoms with Crippen LogP contribution in [0.25, 0.3) is 22.0 Å². The first-order valence-corrected chi connectivity index (χ1v) is 9.89. The van der Waals surface area contributed by atoms with Crippen LogP contribution in [0, 0.1) is 11.3 Å². The molecule has 30 heavy (non-hydrogen) atoms. The second-order valence-electron chi connectivity index (χ2n) is 7.34. The van der Waals surface area contributed by atoms with Gasteiger partial charge in [0, 0.05) is 47.8 Å². The molecule has 0 amide bonds. The molecule has 0 unspecified atom stereocenters. The van der Waals surface area contributed by atoms with Gasteiger partial charge in [-0.3, -0.25) is 0 Å².